The quantitative estimate of drug-likeness (QED) is 0.596. The van der Waals surface area contributed by atoms with E-state index in [-0.39, 0.29) is 36.5 Å². The van der Waals surface area contributed by atoms with Gasteiger partial charge in [0.25, 0.3) is 0 Å². The Morgan fingerprint density at radius 3 is 2.15 bits per heavy atom. The number of halogens is 2. The van der Waals surface area contributed by atoms with Crippen molar-refractivity contribution >= 4 is 16.1 Å². The normalized spacial score (nSPS) is 11.2. The predicted molar refractivity (Wildman–Crippen MR) is 97.8 cm³/mol. The van der Waals surface area contributed by atoms with E-state index in [9.17, 15) is 22.0 Å². The van der Waals surface area contributed by atoms with Crippen molar-refractivity contribution in [2.24, 2.45) is 0 Å². The summed E-state index contributed by atoms with van der Waals surface area (Å²) in [5.74, 6) is -1.33. The minimum Gasteiger partial charge on any atom is -0.338 e. The van der Waals surface area contributed by atoms with Crippen molar-refractivity contribution in [2.75, 3.05) is 19.6 Å². The number of urea groups is 1. The van der Waals surface area contributed by atoms with E-state index >= 15 is 0 Å². The Kier molecular flexibility index (Phi) is 7.26. The lowest BCUT2D eigenvalue weighted by Gasteiger charge is -2.10. The zero-order valence-corrected chi connectivity index (χ0v) is 15.6. The standard InChI is InChI=1S/C18H21F2N3O3S/c1-13-5-7-14(8-6-13)27(25,26)23-12-11-22-18(24)21-10-9-15-16(19)3-2-4-17(15)20/h2-8,23H,9-12H2,1H3,(H2,21,22,24). The fraction of sp³-hybridized carbons (Fsp3) is 0.278. The minimum atomic E-state index is -3.64. The summed E-state index contributed by atoms with van der Waals surface area (Å²) < 4.78 is 53.4. The van der Waals surface area contributed by atoms with Gasteiger partial charge in [-0.25, -0.2) is 26.7 Å². The van der Waals surface area contributed by atoms with Gasteiger partial charge in [0.15, 0.2) is 0 Å². The van der Waals surface area contributed by atoms with Gasteiger partial charge in [0, 0.05) is 25.2 Å². The van der Waals surface area contributed by atoms with Gasteiger partial charge in [-0.05, 0) is 37.6 Å². The maximum atomic E-state index is 13.5. The van der Waals surface area contributed by atoms with Gasteiger partial charge < -0.3 is 10.6 Å². The lowest BCUT2D eigenvalue weighted by atomic mass is 10.1. The highest BCUT2D eigenvalue weighted by molar-refractivity contribution is 7.89. The third kappa shape index (κ3) is 6.30. The Balaban J connectivity index is 1.69. The molecule has 3 N–H and O–H groups in total. The van der Waals surface area contributed by atoms with Crippen molar-refractivity contribution in [1.82, 2.24) is 15.4 Å². The van der Waals surface area contributed by atoms with E-state index in [1.165, 1.54) is 18.2 Å². The summed E-state index contributed by atoms with van der Waals surface area (Å²) in [7, 11) is -3.64. The van der Waals surface area contributed by atoms with Gasteiger partial charge in [-0.15, -0.1) is 0 Å². The zero-order chi connectivity index (χ0) is 19.9. The van der Waals surface area contributed by atoms with Crippen LogP contribution in [0.3, 0.4) is 0 Å². The van der Waals surface area contributed by atoms with E-state index in [2.05, 4.69) is 15.4 Å². The molecule has 0 spiro atoms. The van der Waals surface area contributed by atoms with Crippen LogP contribution in [0.2, 0.25) is 0 Å². The number of carbonyl (C=O) groups is 1. The summed E-state index contributed by atoms with van der Waals surface area (Å²) in [6, 6.07) is 9.40. The number of aryl methyl sites for hydroxylation is 1. The molecule has 0 radical (unpaired) electrons. The van der Waals surface area contributed by atoms with Crippen LogP contribution in [0.4, 0.5) is 13.6 Å². The van der Waals surface area contributed by atoms with Crippen LogP contribution in [0, 0.1) is 18.6 Å². The smallest absolute Gasteiger partial charge is 0.314 e. The molecule has 0 aliphatic carbocycles. The van der Waals surface area contributed by atoms with Crippen LogP contribution >= 0.6 is 0 Å². The summed E-state index contributed by atoms with van der Waals surface area (Å²) in [5, 5.41) is 4.93. The van der Waals surface area contributed by atoms with Gasteiger partial charge >= 0.3 is 6.03 Å². The number of rotatable bonds is 8. The second-order valence-corrected chi connectivity index (χ2v) is 7.61. The zero-order valence-electron chi connectivity index (χ0n) is 14.8. The van der Waals surface area contributed by atoms with Gasteiger partial charge in [-0.2, -0.15) is 0 Å². The number of sulfonamides is 1. The van der Waals surface area contributed by atoms with Crippen molar-refractivity contribution in [3.8, 4) is 0 Å². The van der Waals surface area contributed by atoms with Crippen LogP contribution < -0.4 is 15.4 Å². The SMILES string of the molecule is Cc1ccc(S(=O)(=O)NCCNC(=O)NCCc2c(F)cccc2F)cc1. The summed E-state index contributed by atoms with van der Waals surface area (Å²) in [5.41, 5.74) is 0.853. The van der Waals surface area contributed by atoms with Crippen LogP contribution in [0.5, 0.6) is 0 Å². The van der Waals surface area contributed by atoms with Gasteiger partial charge in [0.05, 0.1) is 4.90 Å². The lowest BCUT2D eigenvalue weighted by molar-refractivity contribution is 0.241. The molecule has 0 bridgehead atoms. The second kappa shape index (κ2) is 9.43. The fourth-order valence-electron chi connectivity index (χ4n) is 2.30. The number of hydrogen-bond acceptors (Lipinski definition) is 3. The van der Waals surface area contributed by atoms with Crippen molar-refractivity contribution in [3.05, 3.63) is 65.2 Å². The molecule has 0 heterocycles. The first-order chi connectivity index (χ1) is 12.8. The molecule has 27 heavy (non-hydrogen) atoms. The number of nitrogens with one attached hydrogen (secondary N) is 3. The molecule has 0 atom stereocenters. The molecular weight excluding hydrogens is 376 g/mol. The summed E-state index contributed by atoms with van der Waals surface area (Å²) in [4.78, 5) is 11.8. The maximum absolute atomic E-state index is 13.5. The molecular formula is C18H21F2N3O3S. The Bertz CT molecular complexity index is 867. The Morgan fingerprint density at radius 2 is 1.52 bits per heavy atom. The third-order valence-corrected chi connectivity index (χ3v) is 5.23. The molecule has 2 aromatic carbocycles. The summed E-state index contributed by atoms with van der Waals surface area (Å²) >= 11 is 0. The molecule has 0 unspecified atom stereocenters. The van der Waals surface area contributed by atoms with Crippen LogP contribution in [0.25, 0.3) is 0 Å². The predicted octanol–water partition coefficient (Wildman–Crippen LogP) is 2.09. The van der Waals surface area contributed by atoms with Gasteiger partial charge in [-0.1, -0.05) is 23.8 Å². The molecule has 9 heteroatoms. The van der Waals surface area contributed by atoms with E-state index in [4.69, 9.17) is 0 Å². The molecule has 0 fully saturated rings. The molecule has 2 rings (SSSR count). The van der Waals surface area contributed by atoms with E-state index < -0.39 is 27.7 Å². The number of hydrogen-bond donors (Lipinski definition) is 3. The average molecular weight is 397 g/mol. The highest BCUT2D eigenvalue weighted by Gasteiger charge is 2.13. The van der Waals surface area contributed by atoms with Crippen molar-refractivity contribution in [2.45, 2.75) is 18.2 Å². The van der Waals surface area contributed by atoms with Gasteiger partial charge in [0.2, 0.25) is 10.0 Å². The number of carbonyl (C=O) groups excluding carboxylic acids is 1. The highest BCUT2D eigenvalue weighted by Crippen LogP contribution is 2.12. The largest absolute Gasteiger partial charge is 0.338 e. The first kappa shape index (κ1) is 20.8. The molecule has 0 aromatic heterocycles. The Labute approximate surface area is 157 Å². The van der Waals surface area contributed by atoms with E-state index in [0.717, 1.165) is 17.7 Å². The van der Waals surface area contributed by atoms with E-state index in [1.54, 1.807) is 12.1 Å². The van der Waals surface area contributed by atoms with Crippen molar-refractivity contribution < 1.29 is 22.0 Å². The van der Waals surface area contributed by atoms with Gasteiger partial charge in [-0.3, -0.25) is 0 Å². The van der Waals surface area contributed by atoms with Gasteiger partial charge in [0.1, 0.15) is 11.6 Å². The first-order valence-corrected chi connectivity index (χ1v) is 9.79. The molecule has 6 nitrogen and oxygen atoms in total. The minimum absolute atomic E-state index is 0.00553. The first-order valence-electron chi connectivity index (χ1n) is 8.30. The molecule has 0 saturated carbocycles. The summed E-state index contributed by atoms with van der Waals surface area (Å²) in [6.07, 6.45) is 0.00593. The average Bonchev–Trinajstić information content (AvgIpc) is 2.62. The topological polar surface area (TPSA) is 87.3 Å². The van der Waals surface area contributed by atoms with Crippen LogP contribution in [0.15, 0.2) is 47.4 Å². The third-order valence-electron chi connectivity index (χ3n) is 3.76. The Morgan fingerprint density at radius 1 is 0.926 bits per heavy atom. The van der Waals surface area contributed by atoms with Crippen LogP contribution in [-0.2, 0) is 16.4 Å². The molecule has 0 saturated heterocycles. The monoisotopic (exact) mass is 397 g/mol. The summed E-state index contributed by atoms with van der Waals surface area (Å²) in [6.45, 7) is 1.96. The molecule has 0 aliphatic rings. The fourth-order valence-corrected chi connectivity index (χ4v) is 3.33. The molecule has 2 amide bonds. The maximum Gasteiger partial charge on any atom is 0.314 e. The molecule has 0 aliphatic heterocycles. The molecule has 2 aromatic rings. The van der Waals surface area contributed by atoms with Crippen LogP contribution in [-0.4, -0.2) is 34.1 Å². The van der Waals surface area contributed by atoms with Crippen LogP contribution in [0.1, 0.15) is 11.1 Å². The number of amides is 2. The van der Waals surface area contributed by atoms with E-state index in [0.29, 0.717) is 0 Å². The van der Waals surface area contributed by atoms with Crippen molar-refractivity contribution in [3.63, 3.8) is 0 Å². The molecule has 146 valence electrons. The second-order valence-electron chi connectivity index (χ2n) is 5.84. The van der Waals surface area contributed by atoms with Crippen molar-refractivity contribution in [1.29, 1.82) is 0 Å². The lowest BCUT2D eigenvalue weighted by Crippen LogP contribution is -2.41. The number of benzene rings is 2. The highest BCUT2D eigenvalue weighted by atomic mass is 32.2. The van der Waals surface area contributed by atoms with E-state index in [1.807, 2.05) is 6.92 Å². The Hall–Kier alpha value is -2.52.